The van der Waals surface area contributed by atoms with E-state index in [-0.39, 0.29) is 12.5 Å². The Bertz CT molecular complexity index is 1230. The standard InChI is InChI=1S/C23H13BrCl3NO2S2/c24-16-8-14(10-19(27)21(16)30-12-13-6-7-17(25)18(26)9-13)11-20-22(29)28(23(31)32-20)15-4-2-1-3-5-15/h1-11H,12H2/b20-11+. The highest BCUT2D eigenvalue weighted by atomic mass is 79.9. The van der Waals surface area contributed by atoms with Crippen molar-refractivity contribution in [3.8, 4) is 5.75 Å². The van der Waals surface area contributed by atoms with E-state index in [1.54, 1.807) is 24.3 Å². The molecule has 9 heteroatoms. The van der Waals surface area contributed by atoms with Crippen molar-refractivity contribution >= 4 is 96.7 Å². The van der Waals surface area contributed by atoms with Gasteiger partial charge in [0.1, 0.15) is 6.61 Å². The van der Waals surface area contributed by atoms with Crippen LogP contribution in [-0.4, -0.2) is 10.2 Å². The number of anilines is 1. The second-order valence-electron chi connectivity index (χ2n) is 6.70. The highest BCUT2D eigenvalue weighted by molar-refractivity contribution is 9.10. The number of hydrogen-bond acceptors (Lipinski definition) is 4. The van der Waals surface area contributed by atoms with Crippen molar-refractivity contribution < 1.29 is 9.53 Å². The summed E-state index contributed by atoms with van der Waals surface area (Å²) in [4.78, 5) is 15.0. The Morgan fingerprint density at radius 2 is 1.75 bits per heavy atom. The van der Waals surface area contributed by atoms with Crippen molar-refractivity contribution in [3.05, 3.63) is 96.2 Å². The highest BCUT2D eigenvalue weighted by Gasteiger charge is 2.33. The summed E-state index contributed by atoms with van der Waals surface area (Å²) in [6, 6.07) is 18.2. The summed E-state index contributed by atoms with van der Waals surface area (Å²) in [7, 11) is 0. The molecule has 0 unspecified atom stereocenters. The largest absolute Gasteiger partial charge is 0.486 e. The van der Waals surface area contributed by atoms with Gasteiger partial charge in [-0.15, -0.1) is 0 Å². The van der Waals surface area contributed by atoms with Crippen LogP contribution in [0.1, 0.15) is 11.1 Å². The van der Waals surface area contributed by atoms with Gasteiger partial charge in [0.25, 0.3) is 5.91 Å². The van der Waals surface area contributed by atoms with E-state index in [1.165, 1.54) is 16.7 Å². The lowest BCUT2D eigenvalue weighted by Gasteiger charge is -2.14. The van der Waals surface area contributed by atoms with Gasteiger partial charge in [0.15, 0.2) is 10.1 Å². The maximum Gasteiger partial charge on any atom is 0.270 e. The molecule has 4 rings (SSSR count). The second-order valence-corrected chi connectivity index (χ2v) is 10.5. The highest BCUT2D eigenvalue weighted by Crippen LogP contribution is 2.39. The fraction of sp³-hybridized carbons (Fsp3) is 0.0435. The average molecular weight is 586 g/mol. The zero-order chi connectivity index (χ0) is 22.8. The molecule has 1 heterocycles. The number of carbonyl (C=O) groups is 1. The Morgan fingerprint density at radius 1 is 1.00 bits per heavy atom. The summed E-state index contributed by atoms with van der Waals surface area (Å²) in [5.74, 6) is 0.324. The van der Waals surface area contributed by atoms with E-state index in [2.05, 4.69) is 15.9 Å². The summed E-state index contributed by atoms with van der Waals surface area (Å²) >= 11 is 28.7. The summed E-state index contributed by atoms with van der Waals surface area (Å²) in [5.41, 5.74) is 2.34. The van der Waals surface area contributed by atoms with Gasteiger partial charge in [0.05, 0.1) is 30.1 Å². The lowest BCUT2D eigenvalue weighted by molar-refractivity contribution is -0.113. The van der Waals surface area contributed by atoms with Crippen molar-refractivity contribution in [2.75, 3.05) is 4.90 Å². The lowest BCUT2D eigenvalue weighted by Crippen LogP contribution is -2.27. The van der Waals surface area contributed by atoms with Gasteiger partial charge in [0.2, 0.25) is 0 Å². The monoisotopic (exact) mass is 583 g/mol. The average Bonchev–Trinajstić information content (AvgIpc) is 3.03. The molecule has 3 aromatic rings. The van der Waals surface area contributed by atoms with Crippen LogP contribution in [0.2, 0.25) is 15.1 Å². The van der Waals surface area contributed by atoms with Crippen molar-refractivity contribution in [3.63, 3.8) is 0 Å². The topological polar surface area (TPSA) is 29.5 Å². The van der Waals surface area contributed by atoms with E-state index >= 15 is 0 Å². The molecule has 0 spiro atoms. The van der Waals surface area contributed by atoms with E-state index in [0.29, 0.717) is 34.5 Å². The van der Waals surface area contributed by atoms with Crippen LogP contribution in [0.4, 0.5) is 5.69 Å². The summed E-state index contributed by atoms with van der Waals surface area (Å²) in [6.45, 7) is 0.268. The van der Waals surface area contributed by atoms with Crippen LogP contribution < -0.4 is 9.64 Å². The maximum absolute atomic E-state index is 12.9. The van der Waals surface area contributed by atoms with Gasteiger partial charge in [-0.25, -0.2) is 0 Å². The quantitative estimate of drug-likeness (QED) is 0.222. The number of halogens is 4. The number of carbonyl (C=O) groups excluding carboxylic acids is 1. The normalized spacial score (nSPS) is 15.0. The SMILES string of the molecule is O=C1/C(=C\c2cc(Cl)c(OCc3ccc(Cl)c(Cl)c3)c(Br)c2)SC(=S)N1c1ccccc1. The first-order valence-electron chi connectivity index (χ1n) is 9.22. The minimum Gasteiger partial charge on any atom is -0.486 e. The van der Waals surface area contributed by atoms with E-state index in [1.807, 2.05) is 42.5 Å². The zero-order valence-corrected chi connectivity index (χ0v) is 21.6. The Hall–Kier alpha value is -1.54. The number of nitrogens with zero attached hydrogens (tertiary/aromatic N) is 1. The third kappa shape index (κ3) is 5.16. The Labute approximate surface area is 218 Å². The first-order valence-corrected chi connectivity index (χ1v) is 12.4. The molecule has 0 bridgehead atoms. The molecule has 162 valence electrons. The van der Waals surface area contributed by atoms with Gasteiger partial charge in [-0.1, -0.05) is 83.0 Å². The van der Waals surface area contributed by atoms with Crippen molar-refractivity contribution in [2.24, 2.45) is 0 Å². The van der Waals surface area contributed by atoms with Crippen LogP contribution in [0.25, 0.3) is 6.08 Å². The first kappa shape index (κ1) is 23.6. The van der Waals surface area contributed by atoms with E-state index in [9.17, 15) is 4.79 Å². The second kappa shape index (κ2) is 10.2. The van der Waals surface area contributed by atoms with E-state index in [4.69, 9.17) is 51.8 Å². The van der Waals surface area contributed by atoms with Crippen molar-refractivity contribution in [1.29, 1.82) is 0 Å². The molecule has 0 N–H and O–H groups in total. The third-order valence-electron chi connectivity index (χ3n) is 4.49. The molecule has 32 heavy (non-hydrogen) atoms. The molecule has 1 fully saturated rings. The molecule has 0 saturated carbocycles. The smallest absolute Gasteiger partial charge is 0.270 e. The molecule has 0 atom stereocenters. The molecular formula is C23H13BrCl3NO2S2. The summed E-state index contributed by atoms with van der Waals surface area (Å²) in [6.07, 6.45) is 1.77. The van der Waals surface area contributed by atoms with Crippen molar-refractivity contribution in [1.82, 2.24) is 0 Å². The minimum absolute atomic E-state index is 0.168. The van der Waals surface area contributed by atoms with Gasteiger partial charge in [-0.05, 0) is 69.5 Å². The van der Waals surface area contributed by atoms with Crippen LogP contribution in [-0.2, 0) is 11.4 Å². The molecule has 1 aliphatic rings. The van der Waals surface area contributed by atoms with Crippen molar-refractivity contribution in [2.45, 2.75) is 6.61 Å². The number of ether oxygens (including phenoxy) is 1. The molecular weight excluding hydrogens is 573 g/mol. The fourth-order valence-corrected chi connectivity index (χ4v) is 5.61. The van der Waals surface area contributed by atoms with Gasteiger partial charge in [0, 0.05) is 0 Å². The predicted octanol–water partition coefficient (Wildman–Crippen LogP) is 8.39. The number of para-hydroxylation sites is 1. The Morgan fingerprint density at radius 3 is 2.44 bits per heavy atom. The van der Waals surface area contributed by atoms with Crippen LogP contribution in [0.15, 0.2) is 70.0 Å². The number of thioether (sulfide) groups is 1. The number of benzene rings is 3. The maximum atomic E-state index is 12.9. The zero-order valence-electron chi connectivity index (χ0n) is 16.2. The summed E-state index contributed by atoms with van der Waals surface area (Å²) in [5, 5.41) is 1.35. The molecule has 0 radical (unpaired) electrons. The number of rotatable bonds is 5. The predicted molar refractivity (Wildman–Crippen MR) is 142 cm³/mol. The minimum atomic E-state index is -0.168. The van der Waals surface area contributed by atoms with Crippen LogP contribution in [0, 0.1) is 0 Å². The van der Waals surface area contributed by atoms with Crippen LogP contribution >= 0.6 is 74.7 Å². The van der Waals surface area contributed by atoms with Crippen LogP contribution in [0.5, 0.6) is 5.75 Å². The number of hydrogen-bond donors (Lipinski definition) is 0. The lowest BCUT2D eigenvalue weighted by atomic mass is 10.2. The molecule has 3 nitrogen and oxygen atoms in total. The van der Waals surface area contributed by atoms with Crippen LogP contribution in [0.3, 0.4) is 0 Å². The molecule has 1 saturated heterocycles. The van der Waals surface area contributed by atoms with Gasteiger partial charge in [-0.2, -0.15) is 0 Å². The molecule has 1 amide bonds. The van der Waals surface area contributed by atoms with E-state index in [0.717, 1.165) is 16.8 Å². The van der Waals surface area contributed by atoms with Gasteiger partial charge < -0.3 is 4.74 Å². The first-order chi connectivity index (χ1) is 15.3. The van der Waals surface area contributed by atoms with E-state index < -0.39 is 0 Å². The van der Waals surface area contributed by atoms with Gasteiger partial charge in [-0.3, -0.25) is 9.69 Å². The molecule has 1 aliphatic heterocycles. The fourth-order valence-electron chi connectivity index (χ4n) is 3.00. The number of thiocarbonyl (C=S) groups is 1. The molecule has 0 aliphatic carbocycles. The number of amides is 1. The Balaban J connectivity index is 1.54. The third-order valence-corrected chi connectivity index (χ3v) is 7.40. The van der Waals surface area contributed by atoms with Gasteiger partial charge >= 0.3 is 0 Å². The Kier molecular flexibility index (Phi) is 7.50. The molecule has 3 aromatic carbocycles. The summed E-state index contributed by atoms with van der Waals surface area (Å²) < 4.78 is 7.03. The molecule has 0 aromatic heterocycles.